The molecule has 0 heterocycles. The number of hydrogen-bond acceptors (Lipinski definition) is 2. The quantitative estimate of drug-likeness (QED) is 0.776. The molecule has 1 amide bonds. The first-order valence-electron chi connectivity index (χ1n) is 6.71. The largest absolute Gasteiger partial charge is 0.355 e. The Balaban J connectivity index is 2.46. The minimum absolute atomic E-state index is 0.0888. The molecule has 0 aliphatic carbocycles. The number of nitrogens with one attached hydrogen (secondary N) is 1. The van der Waals surface area contributed by atoms with Crippen LogP contribution in [0.2, 0.25) is 0 Å². The van der Waals surface area contributed by atoms with Gasteiger partial charge in [-0.05, 0) is 24.8 Å². The molecule has 0 spiro atoms. The van der Waals surface area contributed by atoms with Crippen molar-refractivity contribution in [2.24, 2.45) is 11.1 Å². The fourth-order valence-electron chi connectivity index (χ4n) is 2.11. The number of rotatable bonds is 7. The maximum Gasteiger partial charge on any atom is 0.227 e. The summed E-state index contributed by atoms with van der Waals surface area (Å²) in [7, 11) is 0. The third kappa shape index (κ3) is 3.57. The molecule has 100 valence electrons. The summed E-state index contributed by atoms with van der Waals surface area (Å²) in [5.74, 6) is 0.0888. The zero-order valence-electron chi connectivity index (χ0n) is 11.4. The smallest absolute Gasteiger partial charge is 0.227 e. The normalized spacial score (nSPS) is 11.3. The number of carbonyl (C=O) groups is 1. The number of amides is 1. The van der Waals surface area contributed by atoms with Crippen LogP contribution in [0.1, 0.15) is 32.3 Å². The molecule has 0 saturated carbocycles. The lowest BCUT2D eigenvalue weighted by molar-refractivity contribution is -0.131. The molecule has 1 aromatic carbocycles. The Bertz CT molecular complexity index is 350. The zero-order chi connectivity index (χ0) is 13.4. The van der Waals surface area contributed by atoms with Crippen LogP contribution >= 0.6 is 0 Å². The van der Waals surface area contributed by atoms with Gasteiger partial charge >= 0.3 is 0 Å². The lowest BCUT2D eigenvalue weighted by Gasteiger charge is -2.28. The Morgan fingerprint density at radius 3 is 2.33 bits per heavy atom. The van der Waals surface area contributed by atoms with Gasteiger partial charge in [0.1, 0.15) is 0 Å². The van der Waals surface area contributed by atoms with Crippen molar-refractivity contribution < 1.29 is 4.79 Å². The third-order valence-electron chi connectivity index (χ3n) is 3.77. The standard InChI is InChI=1S/C15H24N2O/c1-3-15(4-2,12-16)14(18)17-11-10-13-8-6-5-7-9-13/h5-9H,3-4,10-12,16H2,1-2H3,(H,17,18). The molecule has 3 N–H and O–H groups in total. The molecule has 18 heavy (non-hydrogen) atoms. The van der Waals surface area contributed by atoms with Crippen molar-refractivity contribution in [2.75, 3.05) is 13.1 Å². The predicted octanol–water partition coefficient (Wildman–Crippen LogP) is 2.11. The second kappa shape index (κ2) is 7.17. The Morgan fingerprint density at radius 2 is 1.83 bits per heavy atom. The van der Waals surface area contributed by atoms with Gasteiger partial charge in [-0.25, -0.2) is 0 Å². The van der Waals surface area contributed by atoms with E-state index in [0.29, 0.717) is 13.1 Å². The second-order valence-electron chi connectivity index (χ2n) is 4.68. The molecule has 0 unspecified atom stereocenters. The number of nitrogens with two attached hydrogens (primary N) is 1. The molecule has 1 aromatic rings. The number of benzene rings is 1. The molecule has 1 rings (SSSR count). The van der Waals surface area contributed by atoms with Crippen LogP contribution in [0.4, 0.5) is 0 Å². The van der Waals surface area contributed by atoms with Crippen LogP contribution in [-0.4, -0.2) is 19.0 Å². The third-order valence-corrected chi connectivity index (χ3v) is 3.77. The summed E-state index contributed by atoms with van der Waals surface area (Å²) in [4.78, 5) is 12.2. The van der Waals surface area contributed by atoms with Gasteiger partial charge in [0, 0.05) is 13.1 Å². The van der Waals surface area contributed by atoms with E-state index in [1.807, 2.05) is 32.0 Å². The van der Waals surface area contributed by atoms with E-state index < -0.39 is 5.41 Å². The van der Waals surface area contributed by atoms with Crippen molar-refractivity contribution in [3.63, 3.8) is 0 Å². The van der Waals surface area contributed by atoms with Gasteiger partial charge in [-0.3, -0.25) is 4.79 Å². The summed E-state index contributed by atoms with van der Waals surface area (Å²) in [5, 5.41) is 3.01. The van der Waals surface area contributed by atoms with E-state index in [9.17, 15) is 4.79 Å². The van der Waals surface area contributed by atoms with Crippen LogP contribution in [-0.2, 0) is 11.2 Å². The minimum Gasteiger partial charge on any atom is -0.355 e. The van der Waals surface area contributed by atoms with E-state index in [2.05, 4.69) is 17.4 Å². The van der Waals surface area contributed by atoms with Gasteiger partial charge in [-0.2, -0.15) is 0 Å². The fraction of sp³-hybridized carbons (Fsp3) is 0.533. The van der Waals surface area contributed by atoms with Gasteiger partial charge in [0.25, 0.3) is 0 Å². The summed E-state index contributed by atoms with van der Waals surface area (Å²) in [6.07, 6.45) is 2.44. The topological polar surface area (TPSA) is 55.1 Å². The van der Waals surface area contributed by atoms with E-state index in [-0.39, 0.29) is 5.91 Å². The molecule has 0 atom stereocenters. The Hall–Kier alpha value is -1.35. The molecule has 0 bridgehead atoms. The van der Waals surface area contributed by atoms with Gasteiger partial charge in [0.2, 0.25) is 5.91 Å². The SMILES string of the molecule is CCC(CC)(CN)C(=O)NCCc1ccccc1. The first kappa shape index (κ1) is 14.7. The summed E-state index contributed by atoms with van der Waals surface area (Å²) < 4.78 is 0. The lowest BCUT2D eigenvalue weighted by Crippen LogP contribution is -2.45. The van der Waals surface area contributed by atoms with Crippen molar-refractivity contribution in [2.45, 2.75) is 33.1 Å². The number of carbonyl (C=O) groups excluding carboxylic acids is 1. The molecular formula is C15H24N2O. The highest BCUT2D eigenvalue weighted by Gasteiger charge is 2.32. The Kier molecular flexibility index (Phi) is 5.86. The fourth-order valence-corrected chi connectivity index (χ4v) is 2.11. The van der Waals surface area contributed by atoms with Crippen molar-refractivity contribution in [3.05, 3.63) is 35.9 Å². The highest BCUT2D eigenvalue weighted by atomic mass is 16.2. The van der Waals surface area contributed by atoms with E-state index in [1.165, 1.54) is 5.56 Å². The van der Waals surface area contributed by atoms with Crippen LogP contribution in [0.15, 0.2) is 30.3 Å². The van der Waals surface area contributed by atoms with E-state index in [0.717, 1.165) is 19.3 Å². The highest BCUT2D eigenvalue weighted by molar-refractivity contribution is 5.82. The van der Waals surface area contributed by atoms with Gasteiger partial charge < -0.3 is 11.1 Å². The highest BCUT2D eigenvalue weighted by Crippen LogP contribution is 2.24. The molecule has 0 aliphatic rings. The van der Waals surface area contributed by atoms with Crippen LogP contribution in [0.25, 0.3) is 0 Å². The Labute approximate surface area is 110 Å². The summed E-state index contributed by atoms with van der Waals surface area (Å²) in [5.41, 5.74) is 6.60. The van der Waals surface area contributed by atoms with Crippen molar-refractivity contribution >= 4 is 5.91 Å². The van der Waals surface area contributed by atoms with Crippen molar-refractivity contribution in [3.8, 4) is 0 Å². The first-order chi connectivity index (χ1) is 8.68. The van der Waals surface area contributed by atoms with Crippen LogP contribution < -0.4 is 11.1 Å². The summed E-state index contributed by atoms with van der Waals surface area (Å²) in [6, 6.07) is 10.2. The van der Waals surface area contributed by atoms with E-state index in [1.54, 1.807) is 0 Å². The predicted molar refractivity (Wildman–Crippen MR) is 75.2 cm³/mol. The Morgan fingerprint density at radius 1 is 1.22 bits per heavy atom. The van der Waals surface area contributed by atoms with Gasteiger partial charge in [0.05, 0.1) is 5.41 Å². The van der Waals surface area contributed by atoms with E-state index >= 15 is 0 Å². The van der Waals surface area contributed by atoms with E-state index in [4.69, 9.17) is 5.73 Å². The maximum atomic E-state index is 12.2. The number of hydrogen-bond donors (Lipinski definition) is 2. The lowest BCUT2D eigenvalue weighted by atomic mass is 9.81. The van der Waals surface area contributed by atoms with Gasteiger partial charge in [-0.1, -0.05) is 44.2 Å². The second-order valence-corrected chi connectivity index (χ2v) is 4.68. The molecule has 0 aromatic heterocycles. The molecule has 0 saturated heterocycles. The molecule has 0 radical (unpaired) electrons. The zero-order valence-corrected chi connectivity index (χ0v) is 11.4. The minimum atomic E-state index is -0.392. The average molecular weight is 248 g/mol. The monoisotopic (exact) mass is 248 g/mol. The van der Waals surface area contributed by atoms with Crippen molar-refractivity contribution in [1.82, 2.24) is 5.32 Å². The molecule has 3 nitrogen and oxygen atoms in total. The van der Waals surface area contributed by atoms with Crippen LogP contribution in [0, 0.1) is 5.41 Å². The molecule has 0 fully saturated rings. The van der Waals surface area contributed by atoms with Crippen LogP contribution in [0.5, 0.6) is 0 Å². The van der Waals surface area contributed by atoms with Gasteiger partial charge in [-0.15, -0.1) is 0 Å². The first-order valence-corrected chi connectivity index (χ1v) is 6.71. The van der Waals surface area contributed by atoms with Crippen molar-refractivity contribution in [1.29, 1.82) is 0 Å². The van der Waals surface area contributed by atoms with Gasteiger partial charge in [0.15, 0.2) is 0 Å². The molecule has 0 aliphatic heterocycles. The maximum absolute atomic E-state index is 12.2. The molecule has 3 heteroatoms. The summed E-state index contributed by atoms with van der Waals surface area (Å²) >= 11 is 0. The molecular weight excluding hydrogens is 224 g/mol. The average Bonchev–Trinajstić information content (AvgIpc) is 2.42. The van der Waals surface area contributed by atoms with Crippen LogP contribution in [0.3, 0.4) is 0 Å². The summed E-state index contributed by atoms with van der Waals surface area (Å²) in [6.45, 7) is 5.13.